The molecule has 6 nitrogen and oxygen atoms in total. The molecular weight excluding hydrogens is 400 g/mol. The van der Waals surface area contributed by atoms with Crippen molar-refractivity contribution in [3.05, 3.63) is 58.1 Å². The van der Waals surface area contributed by atoms with E-state index in [0.29, 0.717) is 24.2 Å². The molecule has 0 spiro atoms. The number of alkyl halides is 2. The van der Waals surface area contributed by atoms with Gasteiger partial charge < -0.3 is 14.2 Å². The van der Waals surface area contributed by atoms with Crippen LogP contribution in [-0.2, 0) is 11.3 Å². The average Bonchev–Trinajstić information content (AvgIpc) is 3.49. The summed E-state index contributed by atoms with van der Waals surface area (Å²) in [5.41, 5.74) is 1.00. The third-order valence-corrected chi connectivity index (χ3v) is 5.54. The standard InChI is InChI=1S/C20H19F2N3O3S/c21-17(22)19-23-18(24-28-19)13-5-7-14(8-6-13)20(26)25(11-15-3-1-9-27-15)12-16-4-2-10-29-16/h2,4-8,10,15,17H,1,3,9,11-12H2/t15-/m1/s1. The van der Waals surface area contributed by atoms with E-state index in [4.69, 9.17) is 4.74 Å². The molecule has 0 aliphatic carbocycles. The Morgan fingerprint density at radius 1 is 1.28 bits per heavy atom. The van der Waals surface area contributed by atoms with Crippen LogP contribution in [0.4, 0.5) is 8.78 Å². The SMILES string of the molecule is O=C(c1ccc(-c2noc(C(F)F)n2)cc1)N(Cc1cccs1)C[C@H]1CCCO1. The Morgan fingerprint density at radius 3 is 2.72 bits per heavy atom. The number of nitrogens with zero attached hydrogens (tertiary/aromatic N) is 3. The lowest BCUT2D eigenvalue weighted by atomic mass is 10.1. The van der Waals surface area contributed by atoms with E-state index in [9.17, 15) is 13.6 Å². The van der Waals surface area contributed by atoms with Crippen LogP contribution in [-0.4, -0.2) is 40.2 Å². The minimum atomic E-state index is -2.82. The molecule has 1 atom stereocenters. The van der Waals surface area contributed by atoms with Gasteiger partial charge in [-0.15, -0.1) is 11.3 Å². The van der Waals surface area contributed by atoms with E-state index in [0.717, 1.165) is 24.3 Å². The van der Waals surface area contributed by atoms with Crippen molar-refractivity contribution >= 4 is 17.2 Å². The van der Waals surface area contributed by atoms with Crippen LogP contribution < -0.4 is 0 Å². The van der Waals surface area contributed by atoms with Crippen LogP contribution in [0, 0.1) is 0 Å². The molecule has 1 aliphatic rings. The van der Waals surface area contributed by atoms with Crippen LogP contribution in [0.3, 0.4) is 0 Å². The third-order valence-electron chi connectivity index (χ3n) is 4.68. The number of carbonyl (C=O) groups excluding carboxylic acids is 1. The first-order valence-electron chi connectivity index (χ1n) is 9.25. The van der Waals surface area contributed by atoms with Gasteiger partial charge in [-0.05, 0) is 36.4 Å². The normalized spacial score (nSPS) is 16.4. The van der Waals surface area contributed by atoms with Crippen molar-refractivity contribution in [1.82, 2.24) is 15.0 Å². The fourth-order valence-electron chi connectivity index (χ4n) is 3.23. The molecule has 4 rings (SSSR count). The van der Waals surface area contributed by atoms with Gasteiger partial charge in [0.15, 0.2) is 0 Å². The lowest BCUT2D eigenvalue weighted by Crippen LogP contribution is -2.36. The van der Waals surface area contributed by atoms with Gasteiger partial charge in [0, 0.05) is 29.2 Å². The Labute approximate surface area is 170 Å². The maximum Gasteiger partial charge on any atom is 0.315 e. The van der Waals surface area contributed by atoms with Crippen molar-refractivity contribution in [2.75, 3.05) is 13.2 Å². The van der Waals surface area contributed by atoms with E-state index in [1.807, 2.05) is 17.5 Å². The summed E-state index contributed by atoms with van der Waals surface area (Å²) in [5.74, 6) is -0.769. The zero-order valence-electron chi connectivity index (χ0n) is 15.5. The Kier molecular flexibility index (Phi) is 5.96. The molecule has 0 N–H and O–H groups in total. The van der Waals surface area contributed by atoms with Gasteiger partial charge in [-0.2, -0.15) is 13.8 Å². The number of aromatic nitrogens is 2. The van der Waals surface area contributed by atoms with Gasteiger partial charge in [0.25, 0.3) is 11.8 Å². The molecule has 1 saturated heterocycles. The van der Waals surface area contributed by atoms with Gasteiger partial charge in [-0.25, -0.2) is 0 Å². The second-order valence-electron chi connectivity index (χ2n) is 6.73. The van der Waals surface area contributed by atoms with Crippen molar-refractivity contribution in [1.29, 1.82) is 0 Å². The number of ether oxygens (including phenoxy) is 1. The van der Waals surface area contributed by atoms with Gasteiger partial charge in [-0.1, -0.05) is 23.4 Å². The molecule has 1 aromatic carbocycles. The van der Waals surface area contributed by atoms with Crippen LogP contribution in [0.5, 0.6) is 0 Å². The predicted molar refractivity (Wildman–Crippen MR) is 103 cm³/mol. The van der Waals surface area contributed by atoms with E-state index in [2.05, 4.69) is 14.7 Å². The van der Waals surface area contributed by atoms with E-state index in [1.54, 1.807) is 40.5 Å². The van der Waals surface area contributed by atoms with Crippen molar-refractivity contribution in [3.63, 3.8) is 0 Å². The molecule has 9 heteroatoms. The van der Waals surface area contributed by atoms with Gasteiger partial charge in [0.2, 0.25) is 5.82 Å². The highest BCUT2D eigenvalue weighted by atomic mass is 32.1. The average molecular weight is 419 g/mol. The summed E-state index contributed by atoms with van der Waals surface area (Å²) < 4.78 is 35.5. The molecule has 3 aromatic rings. The summed E-state index contributed by atoms with van der Waals surface area (Å²) in [4.78, 5) is 19.7. The molecule has 0 unspecified atom stereocenters. The number of hydrogen-bond donors (Lipinski definition) is 0. The Bertz CT molecular complexity index is 938. The number of rotatable bonds is 7. The summed E-state index contributed by atoms with van der Waals surface area (Å²) in [5, 5.41) is 5.54. The highest BCUT2D eigenvalue weighted by molar-refractivity contribution is 7.09. The van der Waals surface area contributed by atoms with E-state index >= 15 is 0 Å². The van der Waals surface area contributed by atoms with Gasteiger partial charge in [0.1, 0.15) is 0 Å². The molecular formula is C20H19F2N3O3S. The van der Waals surface area contributed by atoms with Crippen molar-refractivity contribution < 1.29 is 22.8 Å². The molecule has 0 saturated carbocycles. The minimum absolute atomic E-state index is 0.0466. The smallest absolute Gasteiger partial charge is 0.315 e. The summed E-state index contributed by atoms with van der Waals surface area (Å²) in [6.07, 6.45) is -0.825. The van der Waals surface area contributed by atoms with Gasteiger partial charge >= 0.3 is 6.43 Å². The molecule has 152 valence electrons. The van der Waals surface area contributed by atoms with Gasteiger partial charge in [0.05, 0.1) is 12.6 Å². The maximum atomic E-state index is 13.1. The molecule has 1 amide bonds. The minimum Gasteiger partial charge on any atom is -0.376 e. The lowest BCUT2D eigenvalue weighted by Gasteiger charge is -2.25. The predicted octanol–water partition coefficient (Wildman–Crippen LogP) is 4.56. The highest BCUT2D eigenvalue weighted by Gasteiger charge is 2.24. The largest absolute Gasteiger partial charge is 0.376 e. The number of benzene rings is 1. The van der Waals surface area contributed by atoms with Crippen LogP contribution in [0.25, 0.3) is 11.4 Å². The summed E-state index contributed by atoms with van der Waals surface area (Å²) in [7, 11) is 0. The number of carbonyl (C=O) groups is 1. The molecule has 29 heavy (non-hydrogen) atoms. The van der Waals surface area contributed by atoms with Crippen LogP contribution >= 0.6 is 11.3 Å². The van der Waals surface area contributed by atoms with E-state index in [-0.39, 0.29) is 17.8 Å². The summed E-state index contributed by atoms with van der Waals surface area (Å²) in [6, 6.07) is 10.5. The molecule has 3 heterocycles. The fraction of sp³-hybridized carbons (Fsp3) is 0.350. The Hall–Kier alpha value is -2.65. The third kappa shape index (κ3) is 4.68. The summed E-state index contributed by atoms with van der Waals surface area (Å²) in [6.45, 7) is 1.77. The number of hydrogen-bond acceptors (Lipinski definition) is 6. The quantitative estimate of drug-likeness (QED) is 0.562. The highest BCUT2D eigenvalue weighted by Crippen LogP contribution is 2.23. The van der Waals surface area contributed by atoms with Crippen molar-refractivity contribution in [3.8, 4) is 11.4 Å². The molecule has 2 aromatic heterocycles. The zero-order valence-corrected chi connectivity index (χ0v) is 16.3. The Morgan fingerprint density at radius 2 is 2.10 bits per heavy atom. The number of halogens is 2. The Balaban J connectivity index is 1.51. The number of thiophene rings is 1. The van der Waals surface area contributed by atoms with Crippen LogP contribution in [0.2, 0.25) is 0 Å². The molecule has 0 bridgehead atoms. The molecule has 0 radical (unpaired) electrons. The first-order valence-corrected chi connectivity index (χ1v) is 10.1. The lowest BCUT2D eigenvalue weighted by molar-refractivity contribution is 0.0509. The van der Waals surface area contributed by atoms with Crippen LogP contribution in [0.15, 0.2) is 46.3 Å². The topological polar surface area (TPSA) is 68.5 Å². The second kappa shape index (κ2) is 8.79. The fourth-order valence-corrected chi connectivity index (χ4v) is 3.95. The zero-order chi connectivity index (χ0) is 20.2. The van der Waals surface area contributed by atoms with Crippen molar-refractivity contribution in [2.24, 2.45) is 0 Å². The first kappa shape index (κ1) is 19.7. The van der Waals surface area contributed by atoms with Crippen LogP contribution in [0.1, 0.15) is 40.4 Å². The monoisotopic (exact) mass is 419 g/mol. The van der Waals surface area contributed by atoms with Gasteiger partial charge in [-0.3, -0.25) is 4.79 Å². The summed E-state index contributed by atoms with van der Waals surface area (Å²) >= 11 is 1.60. The molecule has 1 fully saturated rings. The maximum absolute atomic E-state index is 13.1. The van der Waals surface area contributed by atoms with E-state index in [1.165, 1.54) is 0 Å². The first-order chi connectivity index (χ1) is 14.1. The number of amides is 1. The van der Waals surface area contributed by atoms with Crippen molar-refractivity contribution in [2.45, 2.75) is 31.9 Å². The second-order valence-corrected chi connectivity index (χ2v) is 7.77. The molecule has 1 aliphatic heterocycles. The van der Waals surface area contributed by atoms with E-state index < -0.39 is 12.3 Å².